The van der Waals surface area contributed by atoms with E-state index in [0.29, 0.717) is 18.7 Å². The molecule has 0 bridgehead atoms. The topological polar surface area (TPSA) is 61.9 Å². The van der Waals surface area contributed by atoms with E-state index in [2.05, 4.69) is 10.2 Å². The number of ether oxygens (including phenoxy) is 1. The number of hydrogen-bond donors (Lipinski definition) is 1. The van der Waals surface area contributed by atoms with Crippen LogP contribution >= 0.6 is 0 Å². The molecule has 2 aliphatic carbocycles. The Hall–Kier alpha value is -1.14. The van der Waals surface area contributed by atoms with Crippen LogP contribution in [0.5, 0.6) is 0 Å². The smallest absolute Gasteiger partial charge is 0.325 e. The van der Waals surface area contributed by atoms with Crippen LogP contribution in [0.3, 0.4) is 0 Å². The molecule has 23 heavy (non-hydrogen) atoms. The van der Waals surface area contributed by atoms with Gasteiger partial charge in [0.05, 0.1) is 12.7 Å². The Balaban J connectivity index is 1.38. The lowest BCUT2D eigenvalue weighted by Gasteiger charge is -2.44. The predicted octanol–water partition coefficient (Wildman–Crippen LogP) is 1.49. The van der Waals surface area contributed by atoms with E-state index in [1.165, 1.54) is 24.2 Å². The summed E-state index contributed by atoms with van der Waals surface area (Å²) in [5.41, 5.74) is -0.574. The largest absolute Gasteiger partial charge is 0.375 e. The zero-order chi connectivity index (χ0) is 15.9. The summed E-state index contributed by atoms with van der Waals surface area (Å²) in [4.78, 5) is 28.8. The van der Waals surface area contributed by atoms with E-state index >= 15 is 0 Å². The number of imide groups is 1. The fraction of sp³-hybridized carbons (Fsp3) is 0.882. The average Bonchev–Trinajstić information content (AvgIpc) is 3.12. The molecule has 3 amide bonds. The van der Waals surface area contributed by atoms with E-state index in [-0.39, 0.29) is 11.9 Å². The second kappa shape index (κ2) is 6.06. The van der Waals surface area contributed by atoms with Crippen molar-refractivity contribution in [2.24, 2.45) is 0 Å². The van der Waals surface area contributed by atoms with E-state index in [1.807, 2.05) is 0 Å². The number of hydrogen-bond acceptors (Lipinski definition) is 4. The first kappa shape index (κ1) is 15.4. The first-order valence-electron chi connectivity index (χ1n) is 9.19. The molecule has 6 nitrogen and oxygen atoms in total. The molecule has 128 valence electrons. The molecule has 0 aromatic carbocycles. The van der Waals surface area contributed by atoms with Crippen LogP contribution in [0, 0.1) is 0 Å². The molecule has 4 rings (SSSR count). The average molecular weight is 321 g/mol. The Morgan fingerprint density at radius 3 is 2.70 bits per heavy atom. The molecule has 2 saturated carbocycles. The number of carbonyl (C=O) groups excluding carboxylic acids is 2. The molecule has 0 aromatic heterocycles. The van der Waals surface area contributed by atoms with Crippen LogP contribution in [0.4, 0.5) is 4.79 Å². The van der Waals surface area contributed by atoms with E-state index in [9.17, 15) is 9.59 Å². The van der Waals surface area contributed by atoms with Crippen LogP contribution in [-0.2, 0) is 9.53 Å². The maximum absolute atomic E-state index is 12.7. The second-order valence-corrected chi connectivity index (χ2v) is 7.47. The monoisotopic (exact) mass is 321 g/mol. The summed E-state index contributed by atoms with van der Waals surface area (Å²) in [6, 6.07) is 0.282. The van der Waals surface area contributed by atoms with E-state index < -0.39 is 5.54 Å². The molecule has 6 heteroatoms. The molecule has 1 N–H and O–H groups in total. The Morgan fingerprint density at radius 2 is 1.87 bits per heavy atom. The predicted molar refractivity (Wildman–Crippen MR) is 85.0 cm³/mol. The van der Waals surface area contributed by atoms with Gasteiger partial charge in [0.25, 0.3) is 5.91 Å². The van der Waals surface area contributed by atoms with Crippen molar-refractivity contribution in [3.8, 4) is 0 Å². The van der Waals surface area contributed by atoms with Gasteiger partial charge in [0.1, 0.15) is 5.54 Å². The van der Waals surface area contributed by atoms with Crippen LogP contribution < -0.4 is 5.32 Å². The normalized spacial score (nSPS) is 34.0. The molecular weight excluding hydrogens is 294 g/mol. The number of urea groups is 1. The minimum Gasteiger partial charge on any atom is -0.375 e. The lowest BCUT2D eigenvalue weighted by Crippen LogP contribution is -2.54. The van der Waals surface area contributed by atoms with Gasteiger partial charge in [-0.2, -0.15) is 0 Å². The highest BCUT2D eigenvalue weighted by Gasteiger charge is 2.52. The number of rotatable bonds is 3. The number of amides is 3. The van der Waals surface area contributed by atoms with Gasteiger partial charge in [-0.1, -0.05) is 25.7 Å². The van der Waals surface area contributed by atoms with Crippen molar-refractivity contribution in [2.75, 3.05) is 26.2 Å². The van der Waals surface area contributed by atoms with Crippen molar-refractivity contribution in [3.05, 3.63) is 0 Å². The molecule has 4 fully saturated rings. The third-order valence-corrected chi connectivity index (χ3v) is 6.16. The number of fused-ring (bicyclic) bond motifs is 1. The number of carbonyl (C=O) groups is 2. The maximum Gasteiger partial charge on any atom is 0.325 e. The molecule has 4 aliphatic rings. The lowest BCUT2D eigenvalue weighted by atomic mass is 9.90. The summed E-state index contributed by atoms with van der Waals surface area (Å²) in [6.45, 7) is 2.97. The van der Waals surface area contributed by atoms with Crippen molar-refractivity contribution in [1.82, 2.24) is 15.1 Å². The zero-order valence-corrected chi connectivity index (χ0v) is 13.8. The summed E-state index contributed by atoms with van der Waals surface area (Å²) in [5.74, 6) is 0.00783. The van der Waals surface area contributed by atoms with Gasteiger partial charge in [-0.05, 0) is 25.7 Å². The van der Waals surface area contributed by atoms with Crippen LogP contribution in [0.1, 0.15) is 51.4 Å². The summed E-state index contributed by atoms with van der Waals surface area (Å²) in [5, 5.41) is 2.97. The lowest BCUT2D eigenvalue weighted by molar-refractivity contribution is -0.132. The quantitative estimate of drug-likeness (QED) is 0.800. The molecule has 0 unspecified atom stereocenters. The Bertz CT molecular complexity index is 487. The molecule has 1 spiro atoms. The van der Waals surface area contributed by atoms with Crippen molar-refractivity contribution in [3.63, 3.8) is 0 Å². The van der Waals surface area contributed by atoms with Crippen molar-refractivity contribution < 1.29 is 14.3 Å². The van der Waals surface area contributed by atoms with Gasteiger partial charge in [0.15, 0.2) is 0 Å². The molecule has 2 atom stereocenters. The van der Waals surface area contributed by atoms with Gasteiger partial charge in [0.2, 0.25) is 0 Å². The molecule has 2 heterocycles. The Morgan fingerprint density at radius 1 is 1.09 bits per heavy atom. The van der Waals surface area contributed by atoms with Crippen LogP contribution in [-0.4, -0.2) is 65.7 Å². The van der Waals surface area contributed by atoms with Gasteiger partial charge >= 0.3 is 6.03 Å². The number of nitrogens with one attached hydrogen (secondary N) is 1. The highest BCUT2D eigenvalue weighted by molar-refractivity contribution is 6.07. The van der Waals surface area contributed by atoms with Crippen molar-refractivity contribution in [1.29, 1.82) is 0 Å². The minimum absolute atomic E-state index is 0.00783. The highest BCUT2D eigenvalue weighted by atomic mass is 16.5. The van der Waals surface area contributed by atoms with Crippen LogP contribution in [0.2, 0.25) is 0 Å². The summed E-state index contributed by atoms with van der Waals surface area (Å²) >= 11 is 0. The van der Waals surface area contributed by atoms with E-state index in [1.54, 1.807) is 0 Å². The molecular formula is C17H27N3O3. The summed E-state index contributed by atoms with van der Waals surface area (Å²) in [7, 11) is 0. The van der Waals surface area contributed by atoms with Gasteiger partial charge in [-0.3, -0.25) is 14.6 Å². The Labute approximate surface area is 137 Å². The fourth-order valence-electron chi connectivity index (χ4n) is 4.88. The van der Waals surface area contributed by atoms with Crippen molar-refractivity contribution in [2.45, 2.75) is 69.1 Å². The third kappa shape index (κ3) is 2.66. The number of nitrogens with zero attached hydrogens (tertiary/aromatic N) is 2. The minimum atomic E-state index is -0.574. The van der Waals surface area contributed by atoms with E-state index in [4.69, 9.17) is 4.74 Å². The first-order valence-corrected chi connectivity index (χ1v) is 9.19. The van der Waals surface area contributed by atoms with E-state index in [0.717, 1.165) is 51.8 Å². The van der Waals surface area contributed by atoms with Gasteiger partial charge < -0.3 is 10.1 Å². The maximum atomic E-state index is 12.7. The molecule has 2 saturated heterocycles. The van der Waals surface area contributed by atoms with Crippen LogP contribution in [0.25, 0.3) is 0 Å². The van der Waals surface area contributed by atoms with Crippen LogP contribution in [0.15, 0.2) is 0 Å². The summed E-state index contributed by atoms with van der Waals surface area (Å²) < 4.78 is 5.90. The highest BCUT2D eigenvalue weighted by Crippen LogP contribution is 2.35. The standard InChI is InChI=1S/C17H27N3O3/c21-15-17(7-3-4-8-17)18-16(22)20(15)10-9-19-11-12-23-14-6-2-1-5-13(14)19/h13-14H,1-12H2,(H,18,22)/t13-,14-/m0/s1. The Kier molecular flexibility index (Phi) is 4.05. The zero-order valence-electron chi connectivity index (χ0n) is 13.8. The first-order chi connectivity index (χ1) is 11.2. The SMILES string of the molecule is O=C1NC2(CCCC2)C(=O)N1CCN1CCO[C@H]2CCCC[C@@H]21. The number of morpholine rings is 1. The van der Waals surface area contributed by atoms with Gasteiger partial charge in [-0.25, -0.2) is 4.79 Å². The van der Waals surface area contributed by atoms with Crippen molar-refractivity contribution >= 4 is 11.9 Å². The molecule has 0 radical (unpaired) electrons. The van der Waals surface area contributed by atoms with Gasteiger partial charge in [-0.15, -0.1) is 0 Å². The fourth-order valence-corrected chi connectivity index (χ4v) is 4.88. The molecule has 2 aliphatic heterocycles. The molecule has 0 aromatic rings. The third-order valence-electron chi connectivity index (χ3n) is 6.16. The van der Waals surface area contributed by atoms with Gasteiger partial charge in [0, 0.05) is 25.7 Å². The second-order valence-electron chi connectivity index (χ2n) is 7.47. The summed E-state index contributed by atoms with van der Waals surface area (Å²) in [6.07, 6.45) is 8.86.